The van der Waals surface area contributed by atoms with E-state index in [1.165, 1.54) is 6.07 Å². The molecule has 0 atom stereocenters. The summed E-state index contributed by atoms with van der Waals surface area (Å²) in [5.74, 6) is 0.124. The SMILES string of the molecule is C=CCc1cc2cc(C)c(=O)oc2cc1O. The molecule has 0 aliphatic carbocycles. The highest BCUT2D eigenvalue weighted by atomic mass is 16.4. The molecule has 0 unspecified atom stereocenters. The molecule has 3 heteroatoms. The molecule has 82 valence electrons. The average molecular weight is 216 g/mol. The summed E-state index contributed by atoms with van der Waals surface area (Å²) in [6, 6.07) is 5.03. The highest BCUT2D eigenvalue weighted by Crippen LogP contribution is 2.25. The Bertz CT molecular complexity index is 608. The Balaban J connectivity index is 2.74. The van der Waals surface area contributed by atoms with Crippen molar-refractivity contribution in [3.63, 3.8) is 0 Å². The van der Waals surface area contributed by atoms with Gasteiger partial charge in [-0.15, -0.1) is 6.58 Å². The first kappa shape index (κ1) is 10.5. The van der Waals surface area contributed by atoms with Crippen molar-refractivity contribution in [2.45, 2.75) is 13.3 Å². The number of benzene rings is 1. The van der Waals surface area contributed by atoms with Crippen LogP contribution in [-0.2, 0) is 6.42 Å². The van der Waals surface area contributed by atoms with Gasteiger partial charge in [-0.1, -0.05) is 6.08 Å². The van der Waals surface area contributed by atoms with Crippen LogP contribution in [0, 0.1) is 6.92 Å². The molecule has 2 rings (SSSR count). The van der Waals surface area contributed by atoms with Gasteiger partial charge in [0.1, 0.15) is 11.3 Å². The maximum atomic E-state index is 11.3. The normalized spacial score (nSPS) is 10.6. The molecule has 0 amide bonds. The van der Waals surface area contributed by atoms with Crippen molar-refractivity contribution in [3.8, 4) is 5.75 Å². The summed E-state index contributed by atoms with van der Waals surface area (Å²) in [7, 11) is 0. The number of fused-ring (bicyclic) bond motifs is 1. The number of aryl methyl sites for hydroxylation is 1. The van der Waals surface area contributed by atoms with Crippen molar-refractivity contribution >= 4 is 11.0 Å². The predicted octanol–water partition coefficient (Wildman–Crippen LogP) is 2.54. The Morgan fingerprint density at radius 1 is 1.44 bits per heavy atom. The topological polar surface area (TPSA) is 50.4 Å². The molecule has 0 aliphatic rings. The highest BCUT2D eigenvalue weighted by Gasteiger charge is 2.06. The molecule has 0 saturated heterocycles. The molecule has 1 N–H and O–H groups in total. The van der Waals surface area contributed by atoms with Gasteiger partial charge in [0, 0.05) is 17.0 Å². The number of aromatic hydroxyl groups is 1. The lowest BCUT2D eigenvalue weighted by molar-refractivity contribution is 0.467. The van der Waals surface area contributed by atoms with Crippen molar-refractivity contribution in [2.24, 2.45) is 0 Å². The van der Waals surface area contributed by atoms with E-state index in [1.807, 2.05) is 6.07 Å². The maximum absolute atomic E-state index is 11.3. The van der Waals surface area contributed by atoms with Gasteiger partial charge in [0.2, 0.25) is 0 Å². The average Bonchev–Trinajstić information content (AvgIpc) is 2.23. The summed E-state index contributed by atoms with van der Waals surface area (Å²) in [6.07, 6.45) is 2.30. The largest absolute Gasteiger partial charge is 0.508 e. The fraction of sp³-hybridized carbons (Fsp3) is 0.154. The summed E-state index contributed by atoms with van der Waals surface area (Å²) in [5, 5.41) is 10.5. The maximum Gasteiger partial charge on any atom is 0.339 e. The lowest BCUT2D eigenvalue weighted by Gasteiger charge is -2.04. The van der Waals surface area contributed by atoms with Crippen LogP contribution in [0.25, 0.3) is 11.0 Å². The molecular weight excluding hydrogens is 204 g/mol. The summed E-state index contributed by atoms with van der Waals surface area (Å²) in [4.78, 5) is 11.3. The first-order valence-corrected chi connectivity index (χ1v) is 4.99. The molecule has 0 bridgehead atoms. The standard InChI is InChI=1S/C13H12O3/c1-3-4-9-6-10-5-8(2)13(15)16-12(10)7-11(9)14/h3,5-7,14H,1,4H2,2H3. The van der Waals surface area contributed by atoms with Crippen LogP contribution in [0.15, 0.2) is 40.1 Å². The summed E-state index contributed by atoms with van der Waals surface area (Å²) < 4.78 is 5.06. The third-order valence-corrected chi connectivity index (χ3v) is 2.47. The monoisotopic (exact) mass is 216 g/mol. The second-order valence-corrected chi connectivity index (χ2v) is 3.73. The molecule has 0 aliphatic heterocycles. The fourth-order valence-corrected chi connectivity index (χ4v) is 1.63. The van der Waals surface area contributed by atoms with Crippen LogP contribution in [0.3, 0.4) is 0 Å². The first-order valence-electron chi connectivity index (χ1n) is 4.99. The molecule has 16 heavy (non-hydrogen) atoms. The van der Waals surface area contributed by atoms with Gasteiger partial charge >= 0.3 is 5.63 Å². The zero-order chi connectivity index (χ0) is 11.7. The van der Waals surface area contributed by atoms with Crippen LogP contribution in [0.2, 0.25) is 0 Å². The fourth-order valence-electron chi connectivity index (χ4n) is 1.63. The minimum Gasteiger partial charge on any atom is -0.508 e. The molecule has 1 aromatic heterocycles. The van der Waals surface area contributed by atoms with Crippen molar-refractivity contribution in [1.29, 1.82) is 0 Å². The molecular formula is C13H12O3. The lowest BCUT2D eigenvalue weighted by atomic mass is 10.1. The highest BCUT2D eigenvalue weighted by molar-refractivity contribution is 5.79. The molecule has 0 spiro atoms. The summed E-state index contributed by atoms with van der Waals surface area (Å²) >= 11 is 0. The van der Waals surface area contributed by atoms with Gasteiger partial charge in [-0.25, -0.2) is 4.79 Å². The van der Waals surface area contributed by atoms with Gasteiger partial charge in [0.15, 0.2) is 0 Å². The van der Waals surface area contributed by atoms with Crippen molar-refractivity contribution in [1.82, 2.24) is 0 Å². The molecule has 0 radical (unpaired) electrons. The molecule has 1 heterocycles. The Morgan fingerprint density at radius 3 is 2.88 bits per heavy atom. The van der Waals surface area contributed by atoms with E-state index in [0.29, 0.717) is 17.6 Å². The van der Waals surface area contributed by atoms with Crippen LogP contribution in [0.4, 0.5) is 0 Å². The van der Waals surface area contributed by atoms with E-state index < -0.39 is 0 Å². The number of hydrogen-bond acceptors (Lipinski definition) is 3. The van der Waals surface area contributed by atoms with Gasteiger partial charge < -0.3 is 9.52 Å². The number of rotatable bonds is 2. The Hall–Kier alpha value is -2.03. The Morgan fingerprint density at radius 2 is 2.19 bits per heavy atom. The van der Waals surface area contributed by atoms with Crippen molar-refractivity contribution in [3.05, 3.63) is 52.4 Å². The second kappa shape index (κ2) is 3.85. The zero-order valence-electron chi connectivity index (χ0n) is 8.99. The van der Waals surface area contributed by atoms with Gasteiger partial charge in [-0.2, -0.15) is 0 Å². The van der Waals surface area contributed by atoms with Gasteiger partial charge in [-0.3, -0.25) is 0 Å². The van der Waals surface area contributed by atoms with Gasteiger partial charge in [0.05, 0.1) is 0 Å². The van der Waals surface area contributed by atoms with Crippen LogP contribution in [0.5, 0.6) is 5.75 Å². The van der Waals surface area contributed by atoms with Crippen LogP contribution in [0.1, 0.15) is 11.1 Å². The van der Waals surface area contributed by atoms with E-state index in [2.05, 4.69) is 6.58 Å². The van der Waals surface area contributed by atoms with E-state index in [-0.39, 0.29) is 11.4 Å². The Kier molecular flexibility index (Phi) is 2.52. The van der Waals surface area contributed by atoms with E-state index in [9.17, 15) is 9.90 Å². The number of phenols is 1. The predicted molar refractivity (Wildman–Crippen MR) is 62.8 cm³/mol. The lowest BCUT2D eigenvalue weighted by Crippen LogP contribution is -2.02. The summed E-state index contributed by atoms with van der Waals surface area (Å²) in [6.45, 7) is 5.32. The minimum absolute atomic E-state index is 0.124. The smallest absolute Gasteiger partial charge is 0.339 e. The third kappa shape index (κ3) is 1.72. The molecule has 1 aromatic carbocycles. The molecule has 3 nitrogen and oxygen atoms in total. The van der Waals surface area contributed by atoms with E-state index >= 15 is 0 Å². The van der Waals surface area contributed by atoms with E-state index in [0.717, 1.165) is 10.9 Å². The van der Waals surface area contributed by atoms with Gasteiger partial charge in [-0.05, 0) is 31.0 Å². The molecule has 2 aromatic rings. The summed E-state index contributed by atoms with van der Waals surface area (Å²) in [5.41, 5.74) is 1.36. The van der Waals surface area contributed by atoms with Crippen LogP contribution >= 0.6 is 0 Å². The second-order valence-electron chi connectivity index (χ2n) is 3.73. The van der Waals surface area contributed by atoms with Crippen LogP contribution < -0.4 is 5.63 Å². The quantitative estimate of drug-likeness (QED) is 0.620. The minimum atomic E-state index is -0.372. The van der Waals surface area contributed by atoms with Crippen LogP contribution in [-0.4, -0.2) is 5.11 Å². The van der Waals surface area contributed by atoms with Crippen molar-refractivity contribution in [2.75, 3.05) is 0 Å². The van der Waals surface area contributed by atoms with Gasteiger partial charge in [0.25, 0.3) is 0 Å². The zero-order valence-corrected chi connectivity index (χ0v) is 8.99. The molecule has 0 fully saturated rings. The number of phenolic OH excluding ortho intramolecular Hbond substituents is 1. The Labute approximate surface area is 92.6 Å². The number of hydrogen-bond donors (Lipinski definition) is 1. The molecule has 0 saturated carbocycles. The van der Waals surface area contributed by atoms with Crippen molar-refractivity contribution < 1.29 is 9.52 Å². The third-order valence-electron chi connectivity index (χ3n) is 2.47. The number of allylic oxidation sites excluding steroid dienone is 1. The van der Waals surface area contributed by atoms with E-state index in [4.69, 9.17) is 4.42 Å². The first-order chi connectivity index (χ1) is 7.61. The van der Waals surface area contributed by atoms with E-state index in [1.54, 1.807) is 19.1 Å².